The third-order valence-electron chi connectivity index (χ3n) is 8.34. The lowest BCUT2D eigenvalue weighted by atomic mass is 9.90. The van der Waals surface area contributed by atoms with Gasteiger partial charge in [-0.2, -0.15) is 0 Å². The van der Waals surface area contributed by atoms with Gasteiger partial charge in [-0.3, -0.25) is 9.59 Å². The van der Waals surface area contributed by atoms with Gasteiger partial charge in [0.1, 0.15) is 17.8 Å². The molecule has 278 valence electrons. The third-order valence-corrected chi connectivity index (χ3v) is 8.34. The van der Waals surface area contributed by atoms with Crippen molar-refractivity contribution in [2.75, 3.05) is 20.3 Å². The van der Waals surface area contributed by atoms with Crippen LogP contribution in [0.2, 0.25) is 0 Å². The highest BCUT2D eigenvalue weighted by Crippen LogP contribution is 2.27. The van der Waals surface area contributed by atoms with Crippen LogP contribution in [0, 0.1) is 5.92 Å². The average Bonchev–Trinajstić information content (AvgIpc) is 3.44. The molecule has 0 N–H and O–H groups in total. The number of hydrogen-bond donors (Lipinski definition) is 0. The normalized spacial score (nSPS) is 15.0. The SMILES string of the molecule is COC(=O)C[C@H](Cc1cc(C(=O)OC(C)(C)C)ccc1CN(CCc1ccccc1)C(=O)OC(C)(C)C)C(=O)N1C(=O)OCC1Cc1ccccc1. The Hall–Kier alpha value is -5.19. The molecule has 0 saturated carbocycles. The van der Waals surface area contributed by atoms with Gasteiger partial charge >= 0.3 is 24.1 Å². The van der Waals surface area contributed by atoms with Gasteiger partial charge in [-0.15, -0.1) is 0 Å². The number of benzene rings is 3. The Morgan fingerprint density at radius 3 is 2.06 bits per heavy atom. The predicted molar refractivity (Wildman–Crippen MR) is 194 cm³/mol. The van der Waals surface area contributed by atoms with E-state index in [-0.39, 0.29) is 31.6 Å². The Labute approximate surface area is 306 Å². The summed E-state index contributed by atoms with van der Waals surface area (Å²) >= 11 is 0. The Kier molecular flexibility index (Phi) is 13.2. The molecule has 0 spiro atoms. The van der Waals surface area contributed by atoms with Crippen molar-refractivity contribution in [1.29, 1.82) is 0 Å². The van der Waals surface area contributed by atoms with Crippen molar-refractivity contribution in [2.24, 2.45) is 5.92 Å². The number of amides is 3. The highest BCUT2D eigenvalue weighted by Gasteiger charge is 2.42. The number of esters is 2. The van der Waals surface area contributed by atoms with Crippen LogP contribution in [-0.4, -0.2) is 77.3 Å². The van der Waals surface area contributed by atoms with Gasteiger partial charge in [-0.25, -0.2) is 19.3 Å². The molecule has 1 aliphatic heterocycles. The van der Waals surface area contributed by atoms with Crippen LogP contribution in [-0.2, 0) is 54.3 Å². The highest BCUT2D eigenvalue weighted by molar-refractivity contribution is 5.96. The van der Waals surface area contributed by atoms with E-state index in [4.69, 9.17) is 18.9 Å². The van der Waals surface area contributed by atoms with Crippen LogP contribution < -0.4 is 0 Å². The zero-order valence-electron chi connectivity index (χ0n) is 31.2. The lowest BCUT2D eigenvalue weighted by Crippen LogP contribution is -2.44. The van der Waals surface area contributed by atoms with E-state index in [0.717, 1.165) is 16.0 Å². The van der Waals surface area contributed by atoms with E-state index < -0.39 is 53.2 Å². The van der Waals surface area contributed by atoms with Crippen molar-refractivity contribution in [3.8, 4) is 0 Å². The number of methoxy groups -OCH3 is 1. The molecule has 1 saturated heterocycles. The van der Waals surface area contributed by atoms with E-state index >= 15 is 0 Å². The number of carbonyl (C=O) groups excluding carboxylic acids is 5. The highest BCUT2D eigenvalue weighted by atomic mass is 16.6. The molecule has 11 heteroatoms. The monoisotopic (exact) mass is 714 g/mol. The van der Waals surface area contributed by atoms with Gasteiger partial charge in [-0.05, 0) is 95.2 Å². The van der Waals surface area contributed by atoms with Crippen molar-refractivity contribution in [1.82, 2.24) is 9.80 Å². The molecule has 0 aliphatic carbocycles. The van der Waals surface area contributed by atoms with Gasteiger partial charge in [0.05, 0.1) is 31.1 Å². The summed E-state index contributed by atoms with van der Waals surface area (Å²) in [4.78, 5) is 69.7. The molecule has 3 amide bonds. The minimum Gasteiger partial charge on any atom is -0.469 e. The van der Waals surface area contributed by atoms with Gasteiger partial charge < -0.3 is 23.8 Å². The standard InChI is InChI=1S/C41H50N2O9/c1-40(2,3)51-37(46)30-18-19-31(26-42(38(47)52-41(4,5)6)21-20-28-14-10-8-11-15-28)32(23-30)24-33(25-35(44)49-7)36(45)43-34(27-50-39(43)48)22-29-16-12-9-13-17-29/h8-19,23,33-34H,20-22,24-27H2,1-7H3/t33-,34?/m0/s1. The lowest BCUT2D eigenvalue weighted by Gasteiger charge is -2.29. The summed E-state index contributed by atoms with van der Waals surface area (Å²) in [6.45, 7) is 11.1. The van der Waals surface area contributed by atoms with E-state index in [0.29, 0.717) is 30.5 Å². The van der Waals surface area contributed by atoms with Crippen LogP contribution in [0.4, 0.5) is 9.59 Å². The molecule has 3 aromatic carbocycles. The first-order chi connectivity index (χ1) is 24.5. The van der Waals surface area contributed by atoms with Crippen molar-refractivity contribution < 1.29 is 42.9 Å². The van der Waals surface area contributed by atoms with Gasteiger partial charge in [-0.1, -0.05) is 66.7 Å². The fourth-order valence-corrected chi connectivity index (χ4v) is 5.87. The number of imide groups is 1. The summed E-state index contributed by atoms with van der Waals surface area (Å²) in [6, 6.07) is 23.5. The largest absolute Gasteiger partial charge is 0.469 e. The summed E-state index contributed by atoms with van der Waals surface area (Å²) in [5, 5.41) is 0. The second-order valence-corrected chi connectivity index (χ2v) is 14.9. The van der Waals surface area contributed by atoms with Gasteiger partial charge in [0.2, 0.25) is 5.91 Å². The van der Waals surface area contributed by atoms with Crippen molar-refractivity contribution >= 4 is 30.0 Å². The molecule has 1 unspecified atom stereocenters. The molecule has 0 radical (unpaired) electrons. The Balaban J connectivity index is 1.73. The van der Waals surface area contributed by atoms with Crippen molar-refractivity contribution in [3.63, 3.8) is 0 Å². The third kappa shape index (κ3) is 11.7. The van der Waals surface area contributed by atoms with Crippen LogP contribution in [0.15, 0.2) is 78.9 Å². The molecule has 3 aromatic rings. The molecule has 0 bridgehead atoms. The van der Waals surface area contributed by atoms with Crippen LogP contribution >= 0.6 is 0 Å². The van der Waals surface area contributed by atoms with E-state index in [1.165, 1.54) is 7.11 Å². The molecule has 0 aromatic heterocycles. The molecular weight excluding hydrogens is 664 g/mol. The first kappa shape index (κ1) is 39.6. The lowest BCUT2D eigenvalue weighted by molar-refractivity contribution is -0.146. The van der Waals surface area contributed by atoms with E-state index in [1.54, 1.807) is 64.6 Å². The first-order valence-electron chi connectivity index (χ1n) is 17.5. The summed E-state index contributed by atoms with van der Waals surface area (Å²) < 4.78 is 21.7. The van der Waals surface area contributed by atoms with Gasteiger partial charge in [0.25, 0.3) is 0 Å². The summed E-state index contributed by atoms with van der Waals surface area (Å²) in [7, 11) is 1.23. The minimum absolute atomic E-state index is 0.00997. The van der Waals surface area contributed by atoms with Crippen LogP contribution in [0.25, 0.3) is 0 Å². The smallest absolute Gasteiger partial charge is 0.416 e. The quantitative estimate of drug-likeness (QED) is 0.137. The number of nitrogens with zero attached hydrogens (tertiary/aromatic N) is 2. The topological polar surface area (TPSA) is 129 Å². The summed E-state index contributed by atoms with van der Waals surface area (Å²) in [5.74, 6) is -2.89. The number of cyclic esters (lactones) is 1. The van der Waals surface area contributed by atoms with E-state index in [2.05, 4.69) is 0 Å². The minimum atomic E-state index is -1.07. The molecular formula is C41H50N2O9. The fraction of sp³-hybridized carbons (Fsp3) is 0.439. The maximum Gasteiger partial charge on any atom is 0.416 e. The molecule has 2 atom stereocenters. The second kappa shape index (κ2) is 17.4. The number of rotatable bonds is 13. The first-order valence-corrected chi connectivity index (χ1v) is 17.5. The van der Waals surface area contributed by atoms with Crippen LogP contribution in [0.3, 0.4) is 0 Å². The van der Waals surface area contributed by atoms with E-state index in [1.807, 2.05) is 60.7 Å². The Morgan fingerprint density at radius 2 is 1.46 bits per heavy atom. The maximum atomic E-state index is 14.3. The van der Waals surface area contributed by atoms with Crippen LogP contribution in [0.1, 0.15) is 80.6 Å². The average molecular weight is 715 g/mol. The summed E-state index contributed by atoms with van der Waals surface area (Å²) in [5.41, 5.74) is 1.79. The molecule has 11 nitrogen and oxygen atoms in total. The number of carbonyl (C=O) groups is 5. The predicted octanol–water partition coefficient (Wildman–Crippen LogP) is 6.93. The van der Waals surface area contributed by atoms with Crippen molar-refractivity contribution in [2.45, 2.75) is 91.0 Å². The van der Waals surface area contributed by atoms with Crippen LogP contribution in [0.5, 0.6) is 0 Å². The maximum absolute atomic E-state index is 14.3. The molecule has 4 rings (SSSR count). The second-order valence-electron chi connectivity index (χ2n) is 14.9. The van der Waals surface area contributed by atoms with Gasteiger partial charge in [0, 0.05) is 13.1 Å². The number of ether oxygens (including phenoxy) is 4. The molecule has 1 heterocycles. The molecule has 1 aliphatic rings. The molecule has 52 heavy (non-hydrogen) atoms. The fourth-order valence-electron chi connectivity index (χ4n) is 5.87. The molecule has 1 fully saturated rings. The zero-order chi connectivity index (χ0) is 38.1. The zero-order valence-corrected chi connectivity index (χ0v) is 31.2. The Bertz CT molecular complexity index is 1710. The summed E-state index contributed by atoms with van der Waals surface area (Å²) in [6.07, 6.45) is -0.791. The van der Waals surface area contributed by atoms with Crippen molar-refractivity contribution in [3.05, 3.63) is 107 Å². The Morgan fingerprint density at radius 1 is 0.846 bits per heavy atom. The number of hydrogen-bond acceptors (Lipinski definition) is 9. The van der Waals surface area contributed by atoms with E-state index in [9.17, 15) is 24.0 Å². The van der Waals surface area contributed by atoms with Gasteiger partial charge in [0.15, 0.2) is 0 Å².